The zero-order chi connectivity index (χ0) is 14.7. The highest BCUT2D eigenvalue weighted by Gasteiger charge is 2.10. The Labute approximate surface area is 124 Å². The SMILES string of the molecule is O=C(CNc1ccccc1)Nc1nc(Cl)c2[nH]cnc2n1. The second-order valence-electron chi connectivity index (χ2n) is 4.21. The number of hydrogen-bond acceptors (Lipinski definition) is 5. The summed E-state index contributed by atoms with van der Waals surface area (Å²) in [6, 6.07) is 9.41. The van der Waals surface area contributed by atoms with Crippen LogP contribution in [0.5, 0.6) is 0 Å². The van der Waals surface area contributed by atoms with Gasteiger partial charge in [-0.15, -0.1) is 0 Å². The van der Waals surface area contributed by atoms with Crippen molar-refractivity contribution in [3.05, 3.63) is 41.8 Å². The van der Waals surface area contributed by atoms with Crippen molar-refractivity contribution in [3.8, 4) is 0 Å². The Balaban J connectivity index is 1.66. The Morgan fingerprint density at radius 3 is 2.86 bits per heavy atom. The number of hydrogen-bond donors (Lipinski definition) is 3. The molecule has 0 spiro atoms. The summed E-state index contributed by atoms with van der Waals surface area (Å²) in [5.41, 5.74) is 1.80. The first kappa shape index (κ1) is 13.3. The molecule has 0 aliphatic rings. The van der Waals surface area contributed by atoms with E-state index < -0.39 is 0 Å². The van der Waals surface area contributed by atoms with E-state index in [0.29, 0.717) is 11.2 Å². The Morgan fingerprint density at radius 1 is 1.24 bits per heavy atom. The maximum Gasteiger partial charge on any atom is 0.246 e. The molecule has 0 saturated carbocycles. The number of aromatic amines is 1. The van der Waals surface area contributed by atoms with Gasteiger partial charge in [-0.1, -0.05) is 29.8 Å². The van der Waals surface area contributed by atoms with E-state index in [9.17, 15) is 4.79 Å². The van der Waals surface area contributed by atoms with E-state index in [-0.39, 0.29) is 23.6 Å². The first-order valence-electron chi connectivity index (χ1n) is 6.18. The number of carbonyl (C=O) groups excluding carboxylic acids is 1. The van der Waals surface area contributed by atoms with Gasteiger partial charge >= 0.3 is 0 Å². The fourth-order valence-electron chi connectivity index (χ4n) is 1.76. The molecule has 3 N–H and O–H groups in total. The van der Waals surface area contributed by atoms with Gasteiger partial charge in [-0.3, -0.25) is 10.1 Å². The van der Waals surface area contributed by atoms with Crippen LogP contribution in [0.25, 0.3) is 11.2 Å². The minimum absolute atomic E-state index is 0.101. The second-order valence-corrected chi connectivity index (χ2v) is 4.56. The van der Waals surface area contributed by atoms with Gasteiger partial charge in [0.1, 0.15) is 5.52 Å². The van der Waals surface area contributed by atoms with Crippen molar-refractivity contribution in [3.63, 3.8) is 0 Å². The van der Waals surface area contributed by atoms with Crippen LogP contribution in [-0.2, 0) is 4.79 Å². The van der Waals surface area contributed by atoms with Gasteiger partial charge < -0.3 is 10.3 Å². The molecule has 2 heterocycles. The third-order valence-corrected chi connectivity index (χ3v) is 2.99. The Morgan fingerprint density at radius 2 is 2.05 bits per heavy atom. The molecule has 7 nitrogen and oxygen atoms in total. The summed E-state index contributed by atoms with van der Waals surface area (Å²) in [7, 11) is 0. The van der Waals surface area contributed by atoms with Crippen LogP contribution in [0, 0.1) is 0 Å². The fourth-order valence-corrected chi connectivity index (χ4v) is 1.98. The third kappa shape index (κ3) is 3.09. The van der Waals surface area contributed by atoms with E-state index >= 15 is 0 Å². The molecule has 106 valence electrons. The molecular weight excluding hydrogens is 292 g/mol. The van der Waals surface area contributed by atoms with Gasteiger partial charge in [0.2, 0.25) is 11.9 Å². The molecule has 0 aliphatic carbocycles. The van der Waals surface area contributed by atoms with Crippen LogP contribution >= 0.6 is 11.6 Å². The minimum atomic E-state index is -0.273. The van der Waals surface area contributed by atoms with Crippen LogP contribution in [0.3, 0.4) is 0 Å². The molecule has 1 aromatic carbocycles. The quantitative estimate of drug-likeness (QED) is 0.641. The van der Waals surface area contributed by atoms with Crippen molar-refractivity contribution >= 4 is 40.3 Å². The van der Waals surface area contributed by atoms with E-state index in [1.165, 1.54) is 6.33 Å². The highest BCUT2D eigenvalue weighted by atomic mass is 35.5. The topological polar surface area (TPSA) is 95.6 Å². The number of aromatic nitrogens is 4. The molecule has 8 heteroatoms. The van der Waals surface area contributed by atoms with Gasteiger partial charge in [-0.25, -0.2) is 4.98 Å². The van der Waals surface area contributed by atoms with E-state index in [0.717, 1.165) is 5.69 Å². The molecule has 0 fully saturated rings. The molecule has 0 bridgehead atoms. The van der Waals surface area contributed by atoms with Gasteiger partial charge in [0.15, 0.2) is 10.8 Å². The number of amides is 1. The first-order chi connectivity index (χ1) is 10.2. The molecular formula is C13H11ClN6O. The van der Waals surface area contributed by atoms with Crippen LogP contribution in [0.15, 0.2) is 36.7 Å². The molecule has 2 aromatic heterocycles. The van der Waals surface area contributed by atoms with Crippen molar-refractivity contribution in [2.75, 3.05) is 17.2 Å². The predicted octanol–water partition coefficient (Wildman–Crippen LogP) is 2.06. The van der Waals surface area contributed by atoms with Crippen molar-refractivity contribution in [1.82, 2.24) is 19.9 Å². The van der Waals surface area contributed by atoms with Gasteiger partial charge in [-0.05, 0) is 12.1 Å². The standard InChI is InChI=1S/C13H11ClN6O/c14-11-10-12(17-7-16-10)20-13(19-11)18-9(21)6-15-8-4-2-1-3-5-8/h1-5,7,15H,6H2,(H2,16,17,18,19,20,21). The van der Waals surface area contributed by atoms with Crippen molar-refractivity contribution in [2.45, 2.75) is 0 Å². The van der Waals surface area contributed by atoms with Gasteiger partial charge in [0, 0.05) is 5.69 Å². The highest BCUT2D eigenvalue weighted by Crippen LogP contribution is 2.18. The Hall–Kier alpha value is -2.67. The smallest absolute Gasteiger partial charge is 0.246 e. The van der Waals surface area contributed by atoms with E-state index in [1.807, 2.05) is 30.3 Å². The number of imidazole rings is 1. The van der Waals surface area contributed by atoms with Gasteiger partial charge in [0.05, 0.1) is 12.9 Å². The number of anilines is 2. The minimum Gasteiger partial charge on any atom is -0.376 e. The summed E-state index contributed by atoms with van der Waals surface area (Å²) >= 11 is 5.97. The van der Waals surface area contributed by atoms with Crippen molar-refractivity contribution < 1.29 is 4.79 Å². The summed E-state index contributed by atoms with van der Waals surface area (Å²) in [5, 5.41) is 5.77. The monoisotopic (exact) mass is 302 g/mol. The number of carbonyl (C=O) groups is 1. The molecule has 1 amide bonds. The number of nitrogens with one attached hydrogen (secondary N) is 3. The van der Waals surface area contributed by atoms with Crippen LogP contribution < -0.4 is 10.6 Å². The van der Waals surface area contributed by atoms with Crippen LogP contribution in [-0.4, -0.2) is 32.4 Å². The average molecular weight is 303 g/mol. The van der Waals surface area contributed by atoms with Crippen LogP contribution in [0.2, 0.25) is 5.15 Å². The lowest BCUT2D eigenvalue weighted by molar-refractivity contribution is -0.114. The molecule has 0 saturated heterocycles. The zero-order valence-electron chi connectivity index (χ0n) is 10.8. The summed E-state index contributed by atoms with van der Waals surface area (Å²) in [5.74, 6) is -0.149. The normalized spacial score (nSPS) is 10.5. The Kier molecular flexibility index (Phi) is 3.65. The summed E-state index contributed by atoms with van der Waals surface area (Å²) in [4.78, 5) is 26.7. The number of fused-ring (bicyclic) bond motifs is 1. The van der Waals surface area contributed by atoms with Crippen LogP contribution in [0.4, 0.5) is 11.6 Å². The number of H-pyrrole nitrogens is 1. The van der Waals surface area contributed by atoms with Crippen LogP contribution in [0.1, 0.15) is 0 Å². The lowest BCUT2D eigenvalue weighted by Crippen LogP contribution is -2.23. The number of rotatable bonds is 4. The van der Waals surface area contributed by atoms with Gasteiger partial charge in [0.25, 0.3) is 0 Å². The van der Waals surface area contributed by atoms with Crippen molar-refractivity contribution in [1.29, 1.82) is 0 Å². The number of nitrogens with zero attached hydrogens (tertiary/aromatic N) is 3. The lowest BCUT2D eigenvalue weighted by atomic mass is 10.3. The summed E-state index contributed by atoms with van der Waals surface area (Å²) in [6.45, 7) is 0.101. The zero-order valence-corrected chi connectivity index (χ0v) is 11.6. The summed E-state index contributed by atoms with van der Waals surface area (Å²) in [6.07, 6.45) is 1.47. The predicted molar refractivity (Wildman–Crippen MR) is 80.3 cm³/mol. The summed E-state index contributed by atoms with van der Waals surface area (Å²) < 4.78 is 0. The molecule has 0 radical (unpaired) electrons. The molecule has 0 aliphatic heterocycles. The highest BCUT2D eigenvalue weighted by molar-refractivity contribution is 6.33. The molecule has 21 heavy (non-hydrogen) atoms. The second kappa shape index (κ2) is 5.76. The maximum absolute atomic E-state index is 11.8. The number of para-hydroxylation sites is 1. The van der Waals surface area contributed by atoms with E-state index in [4.69, 9.17) is 11.6 Å². The molecule has 0 atom stereocenters. The maximum atomic E-state index is 11.8. The fraction of sp³-hybridized carbons (Fsp3) is 0.0769. The largest absolute Gasteiger partial charge is 0.376 e. The number of halogens is 1. The molecule has 0 unspecified atom stereocenters. The number of benzene rings is 1. The van der Waals surface area contributed by atoms with E-state index in [1.54, 1.807) is 0 Å². The average Bonchev–Trinajstić information content (AvgIpc) is 2.95. The van der Waals surface area contributed by atoms with Gasteiger partial charge in [-0.2, -0.15) is 9.97 Å². The Bertz CT molecular complexity index is 773. The molecule has 3 rings (SSSR count). The third-order valence-electron chi connectivity index (χ3n) is 2.72. The first-order valence-corrected chi connectivity index (χ1v) is 6.55. The molecule has 3 aromatic rings. The van der Waals surface area contributed by atoms with Crippen molar-refractivity contribution in [2.24, 2.45) is 0 Å². The van der Waals surface area contributed by atoms with E-state index in [2.05, 4.69) is 30.6 Å². The lowest BCUT2D eigenvalue weighted by Gasteiger charge is -2.06.